The molecule has 0 aromatic heterocycles. The SMILES string of the molecule is CCO[C@H]([C]=O)c1ccccc1C. The molecule has 0 bridgehead atoms. The van der Waals surface area contributed by atoms with E-state index in [2.05, 4.69) is 0 Å². The van der Waals surface area contributed by atoms with E-state index in [4.69, 9.17) is 4.74 Å². The lowest BCUT2D eigenvalue weighted by molar-refractivity contribution is 0.107. The minimum absolute atomic E-state index is 0.522. The Balaban J connectivity index is 2.90. The maximum absolute atomic E-state index is 10.6. The van der Waals surface area contributed by atoms with E-state index in [0.717, 1.165) is 11.1 Å². The Morgan fingerprint density at radius 1 is 1.46 bits per heavy atom. The molecule has 0 aliphatic heterocycles. The minimum atomic E-state index is -0.536. The second-order valence-corrected chi connectivity index (χ2v) is 2.81. The lowest BCUT2D eigenvalue weighted by atomic mass is 10.0. The fourth-order valence-electron chi connectivity index (χ4n) is 1.23. The lowest BCUT2D eigenvalue weighted by Crippen LogP contribution is -2.06. The zero-order valence-corrected chi connectivity index (χ0v) is 7.91. The Morgan fingerprint density at radius 3 is 2.69 bits per heavy atom. The summed E-state index contributed by atoms with van der Waals surface area (Å²) >= 11 is 0. The van der Waals surface area contributed by atoms with Crippen LogP contribution in [0.2, 0.25) is 0 Å². The Morgan fingerprint density at radius 2 is 2.15 bits per heavy atom. The Labute approximate surface area is 78.5 Å². The van der Waals surface area contributed by atoms with Gasteiger partial charge in [-0.2, -0.15) is 0 Å². The van der Waals surface area contributed by atoms with Gasteiger partial charge in [-0.3, -0.25) is 4.79 Å². The van der Waals surface area contributed by atoms with Crippen molar-refractivity contribution in [2.45, 2.75) is 20.0 Å². The van der Waals surface area contributed by atoms with Crippen LogP contribution in [0.15, 0.2) is 24.3 Å². The van der Waals surface area contributed by atoms with Gasteiger partial charge >= 0.3 is 0 Å². The zero-order chi connectivity index (χ0) is 9.68. The first-order valence-corrected chi connectivity index (χ1v) is 4.34. The van der Waals surface area contributed by atoms with Crippen molar-refractivity contribution in [1.82, 2.24) is 0 Å². The van der Waals surface area contributed by atoms with Gasteiger partial charge in [0.05, 0.1) is 0 Å². The molecule has 0 saturated heterocycles. The molecule has 0 N–H and O–H groups in total. The van der Waals surface area contributed by atoms with E-state index in [1.165, 1.54) is 0 Å². The highest BCUT2D eigenvalue weighted by molar-refractivity contribution is 5.61. The third-order valence-corrected chi connectivity index (χ3v) is 1.91. The Hall–Kier alpha value is -1.15. The first-order chi connectivity index (χ1) is 6.29. The molecule has 1 rings (SSSR count). The normalized spacial score (nSPS) is 12.5. The van der Waals surface area contributed by atoms with E-state index >= 15 is 0 Å². The second kappa shape index (κ2) is 4.77. The summed E-state index contributed by atoms with van der Waals surface area (Å²) in [6.07, 6.45) is 1.35. The van der Waals surface area contributed by atoms with Crippen LogP contribution in [0, 0.1) is 6.92 Å². The molecule has 1 atom stereocenters. The van der Waals surface area contributed by atoms with Crippen molar-refractivity contribution in [3.8, 4) is 0 Å². The molecule has 13 heavy (non-hydrogen) atoms. The lowest BCUT2D eigenvalue weighted by Gasteiger charge is -2.11. The molecule has 0 amide bonds. The zero-order valence-electron chi connectivity index (χ0n) is 7.91. The largest absolute Gasteiger partial charge is 0.365 e. The number of rotatable bonds is 4. The van der Waals surface area contributed by atoms with Crippen LogP contribution in [0.25, 0.3) is 0 Å². The molecule has 1 aromatic rings. The molecule has 0 fully saturated rings. The summed E-state index contributed by atoms with van der Waals surface area (Å²) in [7, 11) is 0. The molecular weight excluding hydrogens is 164 g/mol. The van der Waals surface area contributed by atoms with Crippen LogP contribution in [0.1, 0.15) is 24.2 Å². The number of carbonyl (C=O) groups excluding carboxylic acids is 1. The van der Waals surface area contributed by atoms with Crippen LogP contribution in [0.4, 0.5) is 0 Å². The van der Waals surface area contributed by atoms with E-state index < -0.39 is 6.10 Å². The van der Waals surface area contributed by atoms with Crippen molar-refractivity contribution >= 4 is 6.29 Å². The summed E-state index contributed by atoms with van der Waals surface area (Å²) < 4.78 is 5.23. The summed E-state index contributed by atoms with van der Waals surface area (Å²) in [6, 6.07) is 7.68. The third-order valence-electron chi connectivity index (χ3n) is 1.91. The van der Waals surface area contributed by atoms with Crippen LogP contribution in [-0.4, -0.2) is 12.9 Å². The summed E-state index contributed by atoms with van der Waals surface area (Å²) in [5.74, 6) is 0. The van der Waals surface area contributed by atoms with Gasteiger partial charge in [-0.1, -0.05) is 24.3 Å². The molecule has 0 spiro atoms. The summed E-state index contributed by atoms with van der Waals surface area (Å²) in [5, 5.41) is 0. The van der Waals surface area contributed by atoms with Gasteiger partial charge in [-0.05, 0) is 25.0 Å². The van der Waals surface area contributed by atoms with Gasteiger partial charge in [0, 0.05) is 6.61 Å². The summed E-state index contributed by atoms with van der Waals surface area (Å²) in [6.45, 7) is 4.34. The van der Waals surface area contributed by atoms with E-state index in [9.17, 15) is 4.79 Å². The number of hydrogen-bond donors (Lipinski definition) is 0. The van der Waals surface area contributed by atoms with E-state index in [1.54, 1.807) is 0 Å². The topological polar surface area (TPSA) is 26.3 Å². The van der Waals surface area contributed by atoms with E-state index in [-0.39, 0.29) is 0 Å². The van der Waals surface area contributed by atoms with Gasteiger partial charge in [0.25, 0.3) is 0 Å². The van der Waals surface area contributed by atoms with Crippen LogP contribution < -0.4 is 0 Å². The fourth-order valence-corrected chi connectivity index (χ4v) is 1.23. The molecular formula is C11H13O2. The van der Waals surface area contributed by atoms with Crippen molar-refractivity contribution in [2.75, 3.05) is 6.61 Å². The Kier molecular flexibility index (Phi) is 3.65. The van der Waals surface area contributed by atoms with Crippen LogP contribution in [0.5, 0.6) is 0 Å². The quantitative estimate of drug-likeness (QED) is 0.704. The van der Waals surface area contributed by atoms with Crippen LogP contribution in [-0.2, 0) is 9.53 Å². The number of benzene rings is 1. The maximum atomic E-state index is 10.6. The smallest absolute Gasteiger partial charge is 0.234 e. The fraction of sp³-hybridized carbons (Fsp3) is 0.364. The maximum Gasteiger partial charge on any atom is 0.234 e. The molecule has 2 nitrogen and oxygen atoms in total. The van der Waals surface area contributed by atoms with Crippen molar-refractivity contribution in [3.63, 3.8) is 0 Å². The van der Waals surface area contributed by atoms with Gasteiger partial charge in [0.15, 0.2) is 0 Å². The predicted molar refractivity (Wildman–Crippen MR) is 51.2 cm³/mol. The highest BCUT2D eigenvalue weighted by atomic mass is 16.5. The molecule has 1 radical (unpaired) electrons. The summed E-state index contributed by atoms with van der Waals surface area (Å²) in [4.78, 5) is 10.6. The first kappa shape index (κ1) is 9.93. The molecule has 2 heteroatoms. The van der Waals surface area contributed by atoms with E-state index in [1.807, 2.05) is 44.4 Å². The number of hydrogen-bond acceptors (Lipinski definition) is 2. The average Bonchev–Trinajstić information content (AvgIpc) is 2.16. The molecule has 0 heterocycles. The molecule has 0 aliphatic rings. The van der Waals surface area contributed by atoms with Crippen LogP contribution in [0.3, 0.4) is 0 Å². The second-order valence-electron chi connectivity index (χ2n) is 2.81. The molecule has 0 aliphatic carbocycles. The van der Waals surface area contributed by atoms with Crippen molar-refractivity contribution < 1.29 is 9.53 Å². The molecule has 0 unspecified atom stereocenters. The summed E-state index contributed by atoms with van der Waals surface area (Å²) in [5.41, 5.74) is 1.96. The standard InChI is InChI=1S/C11H13O2/c1-3-13-11(8-12)10-7-5-4-6-9(10)2/h4-7,11H,3H2,1-2H3/t11-/m1/s1. The third kappa shape index (κ3) is 2.39. The monoisotopic (exact) mass is 177 g/mol. The molecule has 1 aromatic carbocycles. The van der Waals surface area contributed by atoms with Gasteiger partial charge in [-0.15, -0.1) is 0 Å². The Bertz CT molecular complexity index is 281. The number of aryl methyl sites for hydroxylation is 1. The van der Waals surface area contributed by atoms with Gasteiger partial charge in [-0.25, -0.2) is 0 Å². The van der Waals surface area contributed by atoms with Crippen LogP contribution >= 0.6 is 0 Å². The average molecular weight is 177 g/mol. The molecule has 69 valence electrons. The first-order valence-electron chi connectivity index (χ1n) is 4.34. The van der Waals surface area contributed by atoms with Crippen molar-refractivity contribution in [2.24, 2.45) is 0 Å². The van der Waals surface area contributed by atoms with Gasteiger partial charge < -0.3 is 4.74 Å². The minimum Gasteiger partial charge on any atom is -0.365 e. The van der Waals surface area contributed by atoms with Crippen molar-refractivity contribution in [1.29, 1.82) is 0 Å². The highest BCUT2D eigenvalue weighted by Crippen LogP contribution is 2.18. The molecule has 0 saturated carbocycles. The van der Waals surface area contributed by atoms with Crippen molar-refractivity contribution in [3.05, 3.63) is 35.4 Å². The number of ether oxygens (including phenoxy) is 1. The highest BCUT2D eigenvalue weighted by Gasteiger charge is 2.12. The van der Waals surface area contributed by atoms with Gasteiger partial charge in [0.2, 0.25) is 6.29 Å². The van der Waals surface area contributed by atoms with Gasteiger partial charge in [0.1, 0.15) is 6.10 Å². The van der Waals surface area contributed by atoms with E-state index in [0.29, 0.717) is 6.61 Å². The predicted octanol–water partition coefficient (Wildman–Crippen LogP) is 2.18.